The van der Waals surface area contributed by atoms with E-state index < -0.39 is 0 Å². The molecule has 0 aliphatic rings. The predicted molar refractivity (Wildman–Crippen MR) is 80.2 cm³/mol. The molecule has 0 atom stereocenters. The molecule has 3 rings (SSSR count). The van der Waals surface area contributed by atoms with Crippen molar-refractivity contribution in [3.63, 3.8) is 0 Å². The van der Waals surface area contributed by atoms with Gasteiger partial charge in [0.05, 0.1) is 23.5 Å². The summed E-state index contributed by atoms with van der Waals surface area (Å²) in [7, 11) is 0. The van der Waals surface area contributed by atoms with Crippen molar-refractivity contribution in [3.05, 3.63) is 41.7 Å². The van der Waals surface area contributed by atoms with Gasteiger partial charge >= 0.3 is 0 Å². The molecule has 3 aromatic rings. The Labute approximate surface area is 123 Å². The minimum atomic E-state index is 0.195. The van der Waals surface area contributed by atoms with Gasteiger partial charge in [0, 0.05) is 6.20 Å². The van der Waals surface area contributed by atoms with Gasteiger partial charge in [0.15, 0.2) is 0 Å². The summed E-state index contributed by atoms with van der Waals surface area (Å²) in [5.74, 6) is 0.597. The maximum atomic E-state index is 4.41. The molecular formula is C15H18N6. The number of aryl methyl sites for hydroxylation is 2. The zero-order valence-electron chi connectivity index (χ0n) is 12.6. The molecule has 108 valence electrons. The molecule has 6 heteroatoms. The van der Waals surface area contributed by atoms with Crippen LogP contribution in [0.5, 0.6) is 0 Å². The van der Waals surface area contributed by atoms with Crippen LogP contribution in [0.1, 0.15) is 31.0 Å². The topological polar surface area (TPSA) is 61.4 Å². The van der Waals surface area contributed by atoms with Crippen LogP contribution >= 0.6 is 0 Å². The fourth-order valence-electron chi connectivity index (χ4n) is 2.19. The molecule has 0 N–H and O–H groups in total. The van der Waals surface area contributed by atoms with Gasteiger partial charge in [0.2, 0.25) is 5.82 Å². The van der Waals surface area contributed by atoms with E-state index in [-0.39, 0.29) is 6.04 Å². The molecule has 0 bridgehead atoms. The lowest BCUT2D eigenvalue weighted by Crippen LogP contribution is -2.04. The normalized spacial score (nSPS) is 11.3. The van der Waals surface area contributed by atoms with E-state index >= 15 is 0 Å². The molecule has 0 saturated heterocycles. The zero-order chi connectivity index (χ0) is 15.0. The van der Waals surface area contributed by atoms with E-state index in [1.807, 2.05) is 24.7 Å². The van der Waals surface area contributed by atoms with Crippen LogP contribution in [0.15, 0.2) is 30.6 Å². The van der Waals surface area contributed by atoms with Crippen LogP contribution in [0.3, 0.4) is 0 Å². The van der Waals surface area contributed by atoms with Gasteiger partial charge in [-0.15, -0.1) is 10.2 Å². The van der Waals surface area contributed by atoms with E-state index in [2.05, 4.69) is 52.6 Å². The number of rotatable bonds is 3. The molecule has 0 radical (unpaired) electrons. The van der Waals surface area contributed by atoms with E-state index in [4.69, 9.17) is 0 Å². The van der Waals surface area contributed by atoms with Crippen LogP contribution in [0, 0.1) is 13.8 Å². The number of tetrazole rings is 1. The van der Waals surface area contributed by atoms with Crippen LogP contribution in [0.4, 0.5) is 0 Å². The summed E-state index contributed by atoms with van der Waals surface area (Å²) in [4.78, 5) is 1.60. The predicted octanol–water partition coefficient (Wildman–Crippen LogP) is 2.72. The number of benzene rings is 1. The summed E-state index contributed by atoms with van der Waals surface area (Å²) >= 11 is 0. The first-order valence-electron chi connectivity index (χ1n) is 6.97. The van der Waals surface area contributed by atoms with Crippen molar-refractivity contribution in [3.8, 4) is 17.1 Å². The van der Waals surface area contributed by atoms with Gasteiger partial charge in [-0.1, -0.05) is 17.7 Å². The number of nitrogens with zero attached hydrogens (tertiary/aromatic N) is 6. The number of hydrogen-bond donors (Lipinski definition) is 0. The Bertz CT molecular complexity index is 768. The average molecular weight is 282 g/mol. The van der Waals surface area contributed by atoms with Crippen molar-refractivity contribution in [1.82, 2.24) is 30.0 Å². The van der Waals surface area contributed by atoms with Crippen LogP contribution in [-0.4, -0.2) is 30.0 Å². The van der Waals surface area contributed by atoms with E-state index in [9.17, 15) is 0 Å². The summed E-state index contributed by atoms with van der Waals surface area (Å²) in [6.45, 7) is 8.20. The van der Waals surface area contributed by atoms with Crippen LogP contribution in [0.25, 0.3) is 17.1 Å². The van der Waals surface area contributed by atoms with Crippen LogP contribution in [0.2, 0.25) is 0 Å². The first-order chi connectivity index (χ1) is 10.0. The maximum Gasteiger partial charge on any atom is 0.208 e. The standard InChI is InChI=1S/C15H18N6/c1-10(2)21-18-15(17-19-21)13-8-16-20(9-13)14-6-5-11(3)7-12(14)4/h5-10H,1-4H3. The highest BCUT2D eigenvalue weighted by Crippen LogP contribution is 2.19. The molecule has 6 nitrogen and oxygen atoms in total. The second kappa shape index (κ2) is 5.12. The van der Waals surface area contributed by atoms with E-state index in [1.54, 1.807) is 11.0 Å². The van der Waals surface area contributed by atoms with Crippen LogP contribution < -0.4 is 0 Å². The van der Waals surface area contributed by atoms with Crippen molar-refractivity contribution in [2.24, 2.45) is 0 Å². The highest BCUT2D eigenvalue weighted by molar-refractivity contribution is 5.53. The Hall–Kier alpha value is -2.50. The fourth-order valence-corrected chi connectivity index (χ4v) is 2.19. The second-order valence-corrected chi connectivity index (χ2v) is 5.49. The van der Waals surface area contributed by atoms with Gasteiger partial charge in [-0.25, -0.2) is 4.68 Å². The highest BCUT2D eigenvalue weighted by Gasteiger charge is 2.11. The largest absolute Gasteiger partial charge is 0.240 e. The number of aromatic nitrogens is 6. The van der Waals surface area contributed by atoms with E-state index in [1.165, 1.54) is 11.1 Å². The van der Waals surface area contributed by atoms with Gasteiger partial charge in [0.1, 0.15) is 0 Å². The van der Waals surface area contributed by atoms with Gasteiger partial charge in [0.25, 0.3) is 0 Å². The van der Waals surface area contributed by atoms with Crippen molar-refractivity contribution in [1.29, 1.82) is 0 Å². The monoisotopic (exact) mass is 282 g/mol. The van der Waals surface area contributed by atoms with Crippen molar-refractivity contribution in [2.45, 2.75) is 33.7 Å². The minimum Gasteiger partial charge on any atom is -0.240 e. The Morgan fingerprint density at radius 2 is 1.95 bits per heavy atom. The van der Waals surface area contributed by atoms with E-state index in [0.29, 0.717) is 5.82 Å². The Kier molecular flexibility index (Phi) is 3.29. The lowest BCUT2D eigenvalue weighted by atomic mass is 10.1. The molecule has 0 unspecified atom stereocenters. The molecule has 2 heterocycles. The third kappa shape index (κ3) is 2.56. The first kappa shape index (κ1) is 13.5. The van der Waals surface area contributed by atoms with Gasteiger partial charge in [-0.3, -0.25) is 0 Å². The fraction of sp³-hybridized carbons (Fsp3) is 0.333. The minimum absolute atomic E-state index is 0.195. The number of hydrogen-bond acceptors (Lipinski definition) is 4. The van der Waals surface area contributed by atoms with Gasteiger partial charge < -0.3 is 0 Å². The molecule has 0 fully saturated rings. The molecule has 1 aromatic carbocycles. The summed E-state index contributed by atoms with van der Waals surface area (Å²) < 4.78 is 1.85. The molecule has 0 spiro atoms. The van der Waals surface area contributed by atoms with Crippen LogP contribution in [-0.2, 0) is 0 Å². The Balaban J connectivity index is 1.95. The molecular weight excluding hydrogens is 264 g/mol. The van der Waals surface area contributed by atoms with E-state index in [0.717, 1.165) is 11.3 Å². The Morgan fingerprint density at radius 3 is 2.62 bits per heavy atom. The second-order valence-electron chi connectivity index (χ2n) is 5.49. The molecule has 21 heavy (non-hydrogen) atoms. The molecule has 0 saturated carbocycles. The third-order valence-electron chi connectivity index (χ3n) is 3.33. The quantitative estimate of drug-likeness (QED) is 0.741. The average Bonchev–Trinajstić information content (AvgIpc) is 3.07. The van der Waals surface area contributed by atoms with Gasteiger partial charge in [-0.05, 0) is 44.5 Å². The smallest absolute Gasteiger partial charge is 0.208 e. The van der Waals surface area contributed by atoms with Crippen molar-refractivity contribution in [2.75, 3.05) is 0 Å². The third-order valence-corrected chi connectivity index (χ3v) is 3.33. The Morgan fingerprint density at radius 1 is 1.14 bits per heavy atom. The first-order valence-corrected chi connectivity index (χ1v) is 6.97. The summed E-state index contributed by atoms with van der Waals surface area (Å²) in [5, 5.41) is 16.9. The zero-order valence-corrected chi connectivity index (χ0v) is 12.6. The lowest BCUT2D eigenvalue weighted by Gasteiger charge is -2.06. The molecule has 2 aromatic heterocycles. The summed E-state index contributed by atoms with van der Waals surface area (Å²) in [6.07, 6.45) is 3.69. The highest BCUT2D eigenvalue weighted by atomic mass is 15.6. The van der Waals surface area contributed by atoms with Gasteiger partial charge in [-0.2, -0.15) is 9.90 Å². The summed E-state index contributed by atoms with van der Waals surface area (Å²) in [5.41, 5.74) is 4.35. The molecule has 0 aliphatic carbocycles. The lowest BCUT2D eigenvalue weighted by molar-refractivity contribution is 0.455. The molecule has 0 aliphatic heterocycles. The summed E-state index contributed by atoms with van der Waals surface area (Å²) in [6, 6.07) is 6.49. The maximum absolute atomic E-state index is 4.41. The molecule has 0 amide bonds. The SMILES string of the molecule is Cc1ccc(-n2cc(-c3nnn(C(C)C)n3)cn2)c(C)c1. The van der Waals surface area contributed by atoms with Crippen molar-refractivity contribution < 1.29 is 0 Å². The van der Waals surface area contributed by atoms with Crippen molar-refractivity contribution >= 4 is 0 Å².